The third kappa shape index (κ3) is 4.48. The lowest BCUT2D eigenvalue weighted by Gasteiger charge is -2.05. The molecule has 0 aliphatic heterocycles. The molecule has 0 aromatic heterocycles. The average Bonchev–Trinajstić information content (AvgIpc) is 2.27. The maximum Gasteiger partial charge on any atom is 0.119 e. The predicted molar refractivity (Wildman–Crippen MR) is 57.6 cm³/mol. The van der Waals surface area contributed by atoms with Crippen molar-refractivity contribution in [2.45, 2.75) is 19.3 Å². The molecule has 0 amide bonds. The third-order valence-electron chi connectivity index (χ3n) is 2.03. The molecule has 1 N–H and O–H groups in total. The Kier molecular flexibility index (Phi) is 5.28. The molecule has 3 nitrogen and oxygen atoms in total. The largest absolute Gasteiger partial charge is 0.494 e. The molecule has 0 fully saturated rings. The Balaban J connectivity index is 2.33. The average molecular weight is 205 g/mol. The molecule has 0 aliphatic rings. The van der Waals surface area contributed by atoms with E-state index < -0.39 is 0 Å². The van der Waals surface area contributed by atoms with E-state index in [0.717, 1.165) is 17.7 Å². The Morgan fingerprint density at radius 3 is 2.60 bits per heavy atom. The van der Waals surface area contributed by atoms with Crippen LogP contribution in [0.5, 0.6) is 5.75 Å². The lowest BCUT2D eigenvalue weighted by molar-refractivity contribution is 0.299. The van der Waals surface area contributed by atoms with E-state index >= 15 is 0 Å². The first-order valence-electron chi connectivity index (χ1n) is 5.06. The van der Waals surface area contributed by atoms with Crippen molar-refractivity contribution >= 4 is 0 Å². The highest BCUT2D eigenvalue weighted by molar-refractivity contribution is 5.27. The first-order valence-corrected chi connectivity index (χ1v) is 5.06. The molecule has 15 heavy (non-hydrogen) atoms. The maximum atomic E-state index is 8.73. The number of nitrogens with zero attached hydrogens (tertiary/aromatic N) is 1. The summed E-state index contributed by atoms with van der Waals surface area (Å²) in [6.45, 7) is 0.745. The highest BCUT2D eigenvalue weighted by Crippen LogP contribution is 2.12. The van der Waals surface area contributed by atoms with Crippen LogP contribution >= 0.6 is 0 Å². The van der Waals surface area contributed by atoms with E-state index in [4.69, 9.17) is 15.1 Å². The third-order valence-corrected chi connectivity index (χ3v) is 2.03. The van der Waals surface area contributed by atoms with Crippen LogP contribution in [0.25, 0.3) is 0 Å². The predicted octanol–water partition coefficient (Wildman–Crippen LogP) is 1.90. The first kappa shape index (κ1) is 11.5. The van der Waals surface area contributed by atoms with Crippen molar-refractivity contribution in [2.24, 2.45) is 0 Å². The minimum Gasteiger partial charge on any atom is -0.494 e. The Morgan fingerprint density at radius 1 is 1.27 bits per heavy atom. The van der Waals surface area contributed by atoms with Crippen LogP contribution < -0.4 is 4.74 Å². The van der Waals surface area contributed by atoms with Crippen LogP contribution in [0, 0.1) is 11.3 Å². The van der Waals surface area contributed by atoms with Gasteiger partial charge >= 0.3 is 0 Å². The molecule has 3 heteroatoms. The standard InChI is InChI=1S/C12H15NO2/c13-8-1-2-10-15-12-5-3-11(4-6-12)7-9-14/h3-6,14H,1-2,7,9-10H2. The lowest BCUT2D eigenvalue weighted by atomic mass is 10.1. The molecule has 1 aromatic carbocycles. The fourth-order valence-corrected chi connectivity index (χ4v) is 1.22. The van der Waals surface area contributed by atoms with Gasteiger partial charge in [0.15, 0.2) is 0 Å². The molecule has 80 valence electrons. The Hall–Kier alpha value is -1.53. The molecule has 0 spiro atoms. The fourth-order valence-electron chi connectivity index (χ4n) is 1.22. The zero-order chi connectivity index (χ0) is 10.9. The van der Waals surface area contributed by atoms with Gasteiger partial charge in [0, 0.05) is 13.0 Å². The molecule has 0 radical (unpaired) electrons. The van der Waals surface area contributed by atoms with Gasteiger partial charge in [-0.15, -0.1) is 0 Å². The number of aliphatic hydroxyl groups excluding tert-OH is 1. The van der Waals surface area contributed by atoms with Crippen molar-refractivity contribution < 1.29 is 9.84 Å². The van der Waals surface area contributed by atoms with E-state index in [1.165, 1.54) is 0 Å². The number of ether oxygens (including phenoxy) is 1. The second kappa shape index (κ2) is 6.86. The quantitative estimate of drug-likeness (QED) is 0.722. The number of aliphatic hydroxyl groups is 1. The summed E-state index contributed by atoms with van der Waals surface area (Å²) >= 11 is 0. The molecule has 0 heterocycles. The molecule has 0 bridgehead atoms. The number of benzene rings is 1. The smallest absolute Gasteiger partial charge is 0.119 e. The molecule has 1 aromatic rings. The van der Waals surface area contributed by atoms with Crippen molar-refractivity contribution in [1.82, 2.24) is 0 Å². The fraction of sp³-hybridized carbons (Fsp3) is 0.417. The minimum atomic E-state index is 0.169. The topological polar surface area (TPSA) is 53.2 Å². The van der Waals surface area contributed by atoms with E-state index in [9.17, 15) is 0 Å². The summed E-state index contributed by atoms with van der Waals surface area (Å²) < 4.78 is 5.43. The van der Waals surface area contributed by atoms with E-state index in [-0.39, 0.29) is 6.61 Å². The zero-order valence-electron chi connectivity index (χ0n) is 8.65. The molecule has 0 atom stereocenters. The Bertz CT molecular complexity index is 313. The van der Waals surface area contributed by atoms with Gasteiger partial charge in [-0.25, -0.2) is 0 Å². The molecular weight excluding hydrogens is 190 g/mol. The first-order chi connectivity index (χ1) is 7.36. The summed E-state index contributed by atoms with van der Waals surface area (Å²) in [5.74, 6) is 0.814. The van der Waals surface area contributed by atoms with E-state index in [0.29, 0.717) is 19.4 Å². The zero-order valence-corrected chi connectivity index (χ0v) is 8.65. The number of hydrogen-bond acceptors (Lipinski definition) is 3. The van der Waals surface area contributed by atoms with Gasteiger partial charge in [0.05, 0.1) is 12.7 Å². The maximum absolute atomic E-state index is 8.73. The lowest BCUT2D eigenvalue weighted by Crippen LogP contribution is -1.97. The number of unbranched alkanes of at least 4 members (excludes halogenated alkanes) is 1. The summed E-state index contributed by atoms with van der Waals surface area (Å²) in [7, 11) is 0. The summed E-state index contributed by atoms with van der Waals surface area (Å²) in [5, 5.41) is 17.1. The molecule has 0 saturated heterocycles. The second-order valence-electron chi connectivity index (χ2n) is 3.23. The van der Waals surface area contributed by atoms with Gasteiger partial charge in [-0.2, -0.15) is 5.26 Å². The van der Waals surface area contributed by atoms with Crippen LogP contribution in [0.3, 0.4) is 0 Å². The Morgan fingerprint density at radius 2 is 2.00 bits per heavy atom. The van der Waals surface area contributed by atoms with Gasteiger partial charge in [0.25, 0.3) is 0 Å². The van der Waals surface area contributed by atoms with Crippen LogP contribution in [0.2, 0.25) is 0 Å². The van der Waals surface area contributed by atoms with Gasteiger partial charge in [0.1, 0.15) is 5.75 Å². The van der Waals surface area contributed by atoms with Gasteiger partial charge in [-0.05, 0) is 30.5 Å². The van der Waals surface area contributed by atoms with Crippen LogP contribution in [-0.4, -0.2) is 18.3 Å². The second-order valence-corrected chi connectivity index (χ2v) is 3.23. The SMILES string of the molecule is N#CCCCOc1ccc(CCO)cc1. The normalized spacial score (nSPS) is 9.60. The summed E-state index contributed by atoms with van der Waals surface area (Å²) in [6, 6.07) is 9.73. The Labute approximate surface area is 89.9 Å². The van der Waals surface area contributed by atoms with Crippen LogP contribution in [0.15, 0.2) is 24.3 Å². The van der Waals surface area contributed by atoms with Crippen molar-refractivity contribution in [3.8, 4) is 11.8 Å². The molecule has 0 unspecified atom stereocenters. The van der Waals surface area contributed by atoms with Crippen LogP contribution in [0.4, 0.5) is 0 Å². The van der Waals surface area contributed by atoms with E-state index in [1.54, 1.807) is 0 Å². The molecule has 0 aliphatic carbocycles. The summed E-state index contributed by atoms with van der Waals surface area (Å²) in [4.78, 5) is 0. The van der Waals surface area contributed by atoms with Crippen molar-refractivity contribution in [1.29, 1.82) is 5.26 Å². The monoisotopic (exact) mass is 205 g/mol. The van der Waals surface area contributed by atoms with Gasteiger partial charge < -0.3 is 9.84 Å². The number of nitriles is 1. The van der Waals surface area contributed by atoms with E-state index in [1.807, 2.05) is 24.3 Å². The van der Waals surface area contributed by atoms with Gasteiger partial charge in [-0.3, -0.25) is 0 Å². The van der Waals surface area contributed by atoms with E-state index in [2.05, 4.69) is 6.07 Å². The molecular formula is C12H15NO2. The highest BCUT2D eigenvalue weighted by atomic mass is 16.5. The molecule has 0 saturated carbocycles. The number of rotatable bonds is 6. The minimum absolute atomic E-state index is 0.169. The summed E-state index contributed by atoms with van der Waals surface area (Å²) in [5.41, 5.74) is 1.10. The molecule has 1 rings (SSSR count). The van der Waals surface area contributed by atoms with Crippen LogP contribution in [0.1, 0.15) is 18.4 Å². The van der Waals surface area contributed by atoms with Crippen molar-refractivity contribution in [3.05, 3.63) is 29.8 Å². The van der Waals surface area contributed by atoms with Gasteiger partial charge in [0.2, 0.25) is 0 Å². The summed E-state index contributed by atoms with van der Waals surface area (Å²) in [6.07, 6.45) is 1.96. The highest BCUT2D eigenvalue weighted by Gasteiger charge is 1.95. The van der Waals surface area contributed by atoms with Crippen molar-refractivity contribution in [3.63, 3.8) is 0 Å². The van der Waals surface area contributed by atoms with Crippen LogP contribution in [-0.2, 0) is 6.42 Å². The van der Waals surface area contributed by atoms with Gasteiger partial charge in [-0.1, -0.05) is 12.1 Å². The number of hydrogen-bond donors (Lipinski definition) is 1. The van der Waals surface area contributed by atoms with Crippen molar-refractivity contribution in [2.75, 3.05) is 13.2 Å².